The molecule has 130 valence electrons. The topological polar surface area (TPSA) is 58.2 Å². The number of benzene rings is 1. The van der Waals surface area contributed by atoms with Crippen molar-refractivity contribution in [3.63, 3.8) is 0 Å². The zero-order chi connectivity index (χ0) is 18.3. The van der Waals surface area contributed by atoms with Crippen LogP contribution >= 0.6 is 0 Å². The van der Waals surface area contributed by atoms with Crippen molar-refractivity contribution >= 4 is 11.8 Å². The number of hydrogen-bond donors (Lipinski definition) is 2. The number of carbonyl (C=O) groups excluding carboxylic acids is 2. The van der Waals surface area contributed by atoms with E-state index in [4.69, 9.17) is 0 Å². The molecule has 1 atom stereocenters. The van der Waals surface area contributed by atoms with Crippen molar-refractivity contribution in [2.75, 3.05) is 6.54 Å². The zero-order valence-electron chi connectivity index (χ0n) is 13.6. The normalized spacial score (nSPS) is 12.1. The number of alkyl halides is 3. The summed E-state index contributed by atoms with van der Waals surface area (Å²) in [5.41, 5.74) is -0.565. The lowest BCUT2D eigenvalue weighted by Gasteiger charge is -2.20. The van der Waals surface area contributed by atoms with Gasteiger partial charge >= 0.3 is 6.18 Å². The van der Waals surface area contributed by atoms with Crippen molar-refractivity contribution in [3.05, 3.63) is 35.4 Å². The molecule has 2 amide bonds. The molecular weight excluding hydrogens is 321 g/mol. The summed E-state index contributed by atoms with van der Waals surface area (Å²) in [7, 11) is 0. The molecule has 24 heavy (non-hydrogen) atoms. The minimum absolute atomic E-state index is 0.0299. The average molecular weight is 340 g/mol. The Morgan fingerprint density at radius 2 is 1.92 bits per heavy atom. The molecule has 0 aliphatic carbocycles. The van der Waals surface area contributed by atoms with Crippen molar-refractivity contribution < 1.29 is 22.8 Å². The van der Waals surface area contributed by atoms with Crippen LogP contribution in [-0.2, 0) is 15.8 Å². The maximum absolute atomic E-state index is 12.6. The van der Waals surface area contributed by atoms with Gasteiger partial charge in [0.2, 0.25) is 11.8 Å². The smallest absolute Gasteiger partial charge is 0.344 e. The Balaban J connectivity index is 2.67. The fraction of sp³-hybridized carbons (Fsp3) is 0.412. The summed E-state index contributed by atoms with van der Waals surface area (Å²) < 4.78 is 37.8. The second-order valence-electron chi connectivity index (χ2n) is 5.52. The van der Waals surface area contributed by atoms with Gasteiger partial charge in [0.25, 0.3) is 0 Å². The molecule has 0 aliphatic rings. The first kappa shape index (κ1) is 19.6. The fourth-order valence-electron chi connectivity index (χ4n) is 1.91. The molecule has 0 fully saturated rings. The van der Waals surface area contributed by atoms with Crippen LogP contribution in [0.5, 0.6) is 0 Å². The molecule has 0 saturated carbocycles. The van der Waals surface area contributed by atoms with Gasteiger partial charge in [0.15, 0.2) is 0 Å². The monoisotopic (exact) mass is 340 g/mol. The van der Waals surface area contributed by atoms with Crippen LogP contribution in [0.25, 0.3) is 0 Å². The largest absolute Gasteiger partial charge is 0.416 e. The number of rotatable bonds is 4. The SMILES string of the molecule is CC(=O)N[C@H](C(=O)NCC#Cc1cccc(C(F)(F)F)c1)C(C)C. The van der Waals surface area contributed by atoms with Crippen molar-refractivity contribution in [3.8, 4) is 11.8 Å². The predicted molar refractivity (Wildman–Crippen MR) is 83.8 cm³/mol. The van der Waals surface area contributed by atoms with Crippen LogP contribution in [0.1, 0.15) is 31.9 Å². The van der Waals surface area contributed by atoms with Gasteiger partial charge in [-0.2, -0.15) is 13.2 Å². The highest BCUT2D eigenvalue weighted by atomic mass is 19.4. The molecule has 0 aliphatic heterocycles. The molecule has 4 nitrogen and oxygen atoms in total. The molecule has 7 heteroatoms. The molecule has 2 N–H and O–H groups in total. The Bertz CT molecular complexity index is 658. The maximum atomic E-state index is 12.6. The number of nitrogens with one attached hydrogen (secondary N) is 2. The summed E-state index contributed by atoms with van der Waals surface area (Å²) in [6, 6.07) is 3.96. The van der Waals surface area contributed by atoms with Crippen molar-refractivity contribution in [1.29, 1.82) is 0 Å². The fourth-order valence-corrected chi connectivity index (χ4v) is 1.91. The van der Waals surface area contributed by atoms with Crippen LogP contribution < -0.4 is 10.6 Å². The van der Waals surface area contributed by atoms with Crippen LogP contribution in [0, 0.1) is 17.8 Å². The molecule has 0 radical (unpaired) electrons. The van der Waals surface area contributed by atoms with E-state index in [0.717, 1.165) is 12.1 Å². The van der Waals surface area contributed by atoms with Crippen molar-refractivity contribution in [2.24, 2.45) is 5.92 Å². The lowest BCUT2D eigenvalue weighted by molar-refractivity contribution is -0.137. The summed E-state index contributed by atoms with van der Waals surface area (Å²) in [5.74, 6) is 4.35. The first-order valence-corrected chi connectivity index (χ1v) is 7.32. The molecule has 0 spiro atoms. The molecule has 1 aromatic rings. The standard InChI is InChI=1S/C17H19F3N2O2/c1-11(2)15(22-12(3)23)16(24)21-9-5-7-13-6-4-8-14(10-13)17(18,19)20/h4,6,8,10-11,15H,9H2,1-3H3,(H,21,24)(H,22,23)/t15-/m0/s1. The van der Waals surface area contributed by atoms with E-state index in [1.807, 2.05) is 0 Å². The minimum atomic E-state index is -4.42. The van der Waals surface area contributed by atoms with Gasteiger partial charge in [-0.15, -0.1) is 0 Å². The van der Waals surface area contributed by atoms with E-state index in [0.29, 0.717) is 0 Å². The first-order chi connectivity index (χ1) is 11.1. The third-order valence-corrected chi connectivity index (χ3v) is 3.08. The van der Waals surface area contributed by atoms with Gasteiger partial charge in [-0.05, 0) is 24.1 Å². The minimum Gasteiger partial charge on any atom is -0.344 e. The van der Waals surface area contributed by atoms with E-state index in [1.165, 1.54) is 19.1 Å². The summed E-state index contributed by atoms with van der Waals surface area (Å²) in [6.07, 6.45) is -4.42. The highest BCUT2D eigenvalue weighted by Crippen LogP contribution is 2.29. The Morgan fingerprint density at radius 1 is 1.25 bits per heavy atom. The third-order valence-electron chi connectivity index (χ3n) is 3.08. The lowest BCUT2D eigenvalue weighted by Crippen LogP contribution is -2.49. The Kier molecular flexibility index (Phi) is 6.83. The highest BCUT2D eigenvalue weighted by molar-refractivity contribution is 5.87. The van der Waals surface area contributed by atoms with Crippen LogP contribution in [0.15, 0.2) is 24.3 Å². The lowest BCUT2D eigenvalue weighted by atomic mass is 10.0. The zero-order valence-corrected chi connectivity index (χ0v) is 13.6. The summed E-state index contributed by atoms with van der Waals surface area (Å²) in [5, 5.41) is 5.07. The van der Waals surface area contributed by atoms with Crippen LogP contribution in [0.2, 0.25) is 0 Å². The van der Waals surface area contributed by atoms with E-state index in [9.17, 15) is 22.8 Å². The van der Waals surface area contributed by atoms with Crippen LogP contribution in [0.3, 0.4) is 0 Å². The maximum Gasteiger partial charge on any atom is 0.416 e. The van der Waals surface area contributed by atoms with Crippen LogP contribution in [-0.4, -0.2) is 24.4 Å². The molecule has 0 aromatic heterocycles. The van der Waals surface area contributed by atoms with Gasteiger partial charge < -0.3 is 10.6 Å². The van der Waals surface area contributed by atoms with Gasteiger partial charge in [-0.25, -0.2) is 0 Å². The Labute approximate surface area is 138 Å². The van der Waals surface area contributed by atoms with Gasteiger partial charge in [0.05, 0.1) is 12.1 Å². The number of amides is 2. The molecule has 1 aromatic carbocycles. The van der Waals surface area contributed by atoms with Gasteiger partial charge in [-0.3, -0.25) is 9.59 Å². The summed E-state index contributed by atoms with van der Waals surface area (Å²) in [6.45, 7) is 4.86. The van der Waals surface area contributed by atoms with Gasteiger partial charge in [-0.1, -0.05) is 31.8 Å². The second kappa shape index (κ2) is 8.39. The van der Waals surface area contributed by atoms with E-state index in [1.54, 1.807) is 13.8 Å². The number of carbonyl (C=O) groups is 2. The van der Waals surface area contributed by atoms with Crippen molar-refractivity contribution in [1.82, 2.24) is 10.6 Å². The van der Waals surface area contributed by atoms with Gasteiger partial charge in [0, 0.05) is 12.5 Å². The predicted octanol–water partition coefficient (Wildman–Crippen LogP) is 2.33. The summed E-state index contributed by atoms with van der Waals surface area (Å²) >= 11 is 0. The Hall–Kier alpha value is -2.49. The van der Waals surface area contributed by atoms with E-state index in [-0.39, 0.29) is 23.9 Å². The number of halogens is 3. The van der Waals surface area contributed by atoms with E-state index < -0.39 is 23.7 Å². The summed E-state index contributed by atoms with van der Waals surface area (Å²) in [4.78, 5) is 23.1. The molecule has 0 heterocycles. The first-order valence-electron chi connectivity index (χ1n) is 7.32. The van der Waals surface area contributed by atoms with Gasteiger partial charge in [0.1, 0.15) is 6.04 Å². The molecule has 1 rings (SSSR count). The molecule has 0 bridgehead atoms. The Morgan fingerprint density at radius 3 is 2.46 bits per heavy atom. The highest BCUT2D eigenvalue weighted by Gasteiger charge is 2.30. The van der Waals surface area contributed by atoms with Crippen LogP contribution in [0.4, 0.5) is 13.2 Å². The van der Waals surface area contributed by atoms with E-state index >= 15 is 0 Å². The molecular formula is C17H19F3N2O2. The number of hydrogen-bond acceptors (Lipinski definition) is 2. The van der Waals surface area contributed by atoms with Crippen molar-refractivity contribution in [2.45, 2.75) is 33.0 Å². The molecule has 0 unspecified atom stereocenters. The quantitative estimate of drug-likeness (QED) is 0.827. The molecule has 0 saturated heterocycles. The average Bonchev–Trinajstić information content (AvgIpc) is 2.48. The second-order valence-corrected chi connectivity index (χ2v) is 5.52. The van der Waals surface area contributed by atoms with E-state index in [2.05, 4.69) is 22.5 Å². The third kappa shape index (κ3) is 6.32.